The van der Waals surface area contributed by atoms with Gasteiger partial charge < -0.3 is 9.84 Å². The normalized spacial score (nSPS) is 10.5. The summed E-state index contributed by atoms with van der Waals surface area (Å²) in [6, 6.07) is 0. The molecule has 148 valence electrons. The van der Waals surface area contributed by atoms with Crippen molar-refractivity contribution in [3.05, 3.63) is 25.3 Å². The van der Waals surface area contributed by atoms with E-state index >= 15 is 0 Å². The zero-order valence-electron chi connectivity index (χ0n) is 16.6. The minimum atomic E-state index is -0.184. The summed E-state index contributed by atoms with van der Waals surface area (Å²) in [4.78, 5) is 11.2. The predicted molar refractivity (Wildman–Crippen MR) is 109 cm³/mol. The third kappa shape index (κ3) is 25.3. The Hall–Kier alpha value is -1.09. The van der Waals surface area contributed by atoms with Crippen LogP contribution in [0.5, 0.6) is 0 Å². The SMILES string of the molecule is C=C.CCCCCCCC/C=C\CCCCCCCC(=O)OCCO. The molecule has 25 heavy (non-hydrogen) atoms. The third-order valence-corrected chi connectivity index (χ3v) is 4.00. The van der Waals surface area contributed by atoms with Crippen molar-refractivity contribution in [3.8, 4) is 0 Å². The maximum atomic E-state index is 11.2. The molecule has 0 unspecified atom stereocenters. The van der Waals surface area contributed by atoms with Gasteiger partial charge in [0, 0.05) is 6.42 Å². The molecule has 0 aromatic rings. The summed E-state index contributed by atoms with van der Waals surface area (Å²) < 4.78 is 4.81. The van der Waals surface area contributed by atoms with Gasteiger partial charge in [0.05, 0.1) is 6.61 Å². The van der Waals surface area contributed by atoms with Gasteiger partial charge in [0.1, 0.15) is 6.61 Å². The number of aliphatic hydroxyl groups is 1. The van der Waals surface area contributed by atoms with Crippen LogP contribution in [0.25, 0.3) is 0 Å². The lowest BCUT2D eigenvalue weighted by molar-refractivity contribution is -0.144. The van der Waals surface area contributed by atoms with E-state index in [1.54, 1.807) is 0 Å². The Kier molecular flexibility index (Phi) is 26.3. The minimum absolute atomic E-state index is 0.0852. The summed E-state index contributed by atoms with van der Waals surface area (Å²) in [6.07, 6.45) is 21.5. The molecule has 0 heterocycles. The number of rotatable bonds is 17. The molecule has 3 nitrogen and oxygen atoms in total. The summed E-state index contributed by atoms with van der Waals surface area (Å²) in [7, 11) is 0. The minimum Gasteiger partial charge on any atom is -0.463 e. The van der Waals surface area contributed by atoms with Crippen molar-refractivity contribution in [2.75, 3.05) is 13.2 Å². The first-order chi connectivity index (χ1) is 12.3. The van der Waals surface area contributed by atoms with Crippen LogP contribution in [0.3, 0.4) is 0 Å². The van der Waals surface area contributed by atoms with Crippen molar-refractivity contribution in [3.63, 3.8) is 0 Å². The van der Waals surface area contributed by atoms with Crippen LogP contribution in [-0.2, 0) is 9.53 Å². The molecule has 0 bridgehead atoms. The van der Waals surface area contributed by atoms with E-state index in [4.69, 9.17) is 9.84 Å². The van der Waals surface area contributed by atoms with Gasteiger partial charge in [0.15, 0.2) is 0 Å². The fourth-order valence-corrected chi connectivity index (χ4v) is 2.57. The van der Waals surface area contributed by atoms with Crippen molar-refractivity contribution >= 4 is 5.97 Å². The maximum Gasteiger partial charge on any atom is 0.305 e. The molecule has 1 N–H and O–H groups in total. The fraction of sp³-hybridized carbons (Fsp3) is 0.773. The first-order valence-corrected chi connectivity index (χ1v) is 10.2. The monoisotopic (exact) mass is 354 g/mol. The number of hydrogen-bond donors (Lipinski definition) is 1. The molecule has 0 spiro atoms. The molecule has 3 heteroatoms. The smallest absolute Gasteiger partial charge is 0.305 e. The highest BCUT2D eigenvalue weighted by molar-refractivity contribution is 5.69. The van der Waals surface area contributed by atoms with Crippen molar-refractivity contribution in [2.24, 2.45) is 0 Å². The average molecular weight is 355 g/mol. The zero-order chi connectivity index (χ0) is 19.0. The summed E-state index contributed by atoms with van der Waals surface area (Å²) >= 11 is 0. The van der Waals surface area contributed by atoms with Gasteiger partial charge in [-0.1, -0.05) is 70.4 Å². The lowest BCUT2D eigenvalue weighted by Gasteiger charge is -2.02. The average Bonchev–Trinajstić information content (AvgIpc) is 2.64. The number of aliphatic hydroxyl groups excluding tert-OH is 1. The largest absolute Gasteiger partial charge is 0.463 e. The van der Waals surface area contributed by atoms with Gasteiger partial charge in [-0.15, -0.1) is 13.2 Å². The first-order valence-electron chi connectivity index (χ1n) is 10.2. The van der Waals surface area contributed by atoms with Gasteiger partial charge in [-0.05, 0) is 32.1 Å². The molecule has 0 amide bonds. The molecule has 0 rings (SSSR count). The van der Waals surface area contributed by atoms with Crippen LogP contribution in [0.4, 0.5) is 0 Å². The molecule has 0 fully saturated rings. The first kappa shape index (κ1) is 26.1. The summed E-state index contributed by atoms with van der Waals surface area (Å²) in [6.45, 7) is 8.30. The van der Waals surface area contributed by atoms with E-state index in [9.17, 15) is 4.79 Å². The van der Waals surface area contributed by atoms with Crippen LogP contribution in [0.2, 0.25) is 0 Å². The summed E-state index contributed by atoms with van der Waals surface area (Å²) in [5.41, 5.74) is 0. The van der Waals surface area contributed by atoms with Gasteiger partial charge >= 0.3 is 5.97 Å². The molecular weight excluding hydrogens is 312 g/mol. The van der Waals surface area contributed by atoms with Crippen LogP contribution in [-0.4, -0.2) is 24.3 Å². The molecule has 0 atom stereocenters. The maximum absolute atomic E-state index is 11.2. The number of esters is 1. The second-order valence-electron chi connectivity index (χ2n) is 6.28. The van der Waals surface area contributed by atoms with E-state index in [0.717, 1.165) is 12.8 Å². The topological polar surface area (TPSA) is 46.5 Å². The Morgan fingerprint density at radius 3 is 1.84 bits per heavy atom. The number of hydrogen-bond acceptors (Lipinski definition) is 3. The van der Waals surface area contributed by atoms with Crippen LogP contribution >= 0.6 is 0 Å². The molecule has 0 aliphatic carbocycles. The van der Waals surface area contributed by atoms with E-state index in [-0.39, 0.29) is 19.2 Å². The fourth-order valence-electron chi connectivity index (χ4n) is 2.57. The van der Waals surface area contributed by atoms with Crippen molar-refractivity contribution in [2.45, 2.75) is 96.8 Å². The molecule has 0 saturated carbocycles. The molecule has 0 aromatic carbocycles. The van der Waals surface area contributed by atoms with Crippen LogP contribution in [0, 0.1) is 0 Å². The van der Waals surface area contributed by atoms with Crippen molar-refractivity contribution in [1.29, 1.82) is 0 Å². The second-order valence-corrected chi connectivity index (χ2v) is 6.28. The quantitative estimate of drug-likeness (QED) is 0.188. The lowest BCUT2D eigenvalue weighted by atomic mass is 10.1. The standard InChI is InChI=1S/C20H38O3.C2H4/c1-2-3-4-5-6-7-8-9-10-11-12-13-14-15-16-17-20(22)23-19-18-21;1-2/h9-10,21H,2-8,11-19H2,1H3;1-2H2/b10-9-;. The van der Waals surface area contributed by atoms with Gasteiger partial charge in [-0.2, -0.15) is 0 Å². The van der Waals surface area contributed by atoms with E-state index in [1.165, 1.54) is 70.6 Å². The predicted octanol–water partition coefficient (Wildman–Crippen LogP) is 6.36. The highest BCUT2D eigenvalue weighted by atomic mass is 16.5. The number of ether oxygens (including phenoxy) is 1. The van der Waals surface area contributed by atoms with Gasteiger partial charge in [0.2, 0.25) is 0 Å². The van der Waals surface area contributed by atoms with E-state index < -0.39 is 0 Å². The molecule has 0 aliphatic heterocycles. The Balaban J connectivity index is 0. The van der Waals surface area contributed by atoms with Crippen molar-refractivity contribution < 1.29 is 14.6 Å². The number of carbonyl (C=O) groups is 1. The number of unbranched alkanes of at least 4 members (excludes halogenated alkanes) is 11. The Bertz CT molecular complexity index is 287. The highest BCUT2D eigenvalue weighted by Crippen LogP contribution is 2.10. The van der Waals surface area contributed by atoms with Crippen molar-refractivity contribution in [1.82, 2.24) is 0 Å². The number of allylic oxidation sites excluding steroid dienone is 2. The van der Waals surface area contributed by atoms with E-state index in [0.29, 0.717) is 6.42 Å². The van der Waals surface area contributed by atoms with E-state index in [2.05, 4.69) is 32.2 Å². The van der Waals surface area contributed by atoms with Gasteiger partial charge in [0.25, 0.3) is 0 Å². The zero-order valence-corrected chi connectivity index (χ0v) is 16.6. The second kappa shape index (κ2) is 25.2. The summed E-state index contributed by atoms with van der Waals surface area (Å²) in [5, 5.41) is 8.54. The Morgan fingerprint density at radius 1 is 0.840 bits per heavy atom. The Labute approximate surface area is 156 Å². The van der Waals surface area contributed by atoms with Gasteiger partial charge in [-0.3, -0.25) is 4.79 Å². The lowest BCUT2D eigenvalue weighted by Crippen LogP contribution is -2.07. The molecule has 0 aliphatic rings. The highest BCUT2D eigenvalue weighted by Gasteiger charge is 2.01. The van der Waals surface area contributed by atoms with Gasteiger partial charge in [-0.25, -0.2) is 0 Å². The summed E-state index contributed by atoms with van der Waals surface area (Å²) in [5.74, 6) is -0.184. The van der Waals surface area contributed by atoms with Crippen LogP contribution in [0.1, 0.15) is 96.8 Å². The number of carbonyl (C=O) groups excluding carboxylic acids is 1. The molecule has 0 radical (unpaired) electrons. The van der Waals surface area contributed by atoms with Crippen LogP contribution in [0.15, 0.2) is 25.3 Å². The molecular formula is C22H42O3. The molecule has 0 saturated heterocycles. The van der Waals surface area contributed by atoms with E-state index in [1.807, 2.05) is 0 Å². The van der Waals surface area contributed by atoms with Crippen LogP contribution < -0.4 is 0 Å². The molecule has 0 aromatic heterocycles. The Morgan fingerprint density at radius 2 is 1.32 bits per heavy atom. The third-order valence-electron chi connectivity index (χ3n) is 4.00.